The second-order valence-electron chi connectivity index (χ2n) is 4.12. The van der Waals surface area contributed by atoms with Crippen LogP contribution >= 0.6 is 23.2 Å². The Morgan fingerprint density at radius 1 is 1.33 bits per heavy atom. The van der Waals surface area contributed by atoms with Crippen molar-refractivity contribution in [2.45, 2.75) is 18.9 Å². The zero-order chi connectivity index (χ0) is 13.3. The first-order valence-corrected chi connectivity index (χ1v) is 6.25. The molecule has 2 rings (SSSR count). The topological polar surface area (TPSA) is 57.6 Å². The third-order valence-corrected chi connectivity index (χ3v) is 3.51. The van der Waals surface area contributed by atoms with Gasteiger partial charge in [0.25, 0.3) is 5.91 Å². The standard InChI is InChI=1S/C12H11Cl2NO3/c13-7-3-4-8(9(14)6-7)11(16)15-5-1-2-10(15)12(17)18/h3-4,6,10H,1-2,5H2,(H,17,18). The van der Waals surface area contributed by atoms with Crippen LogP contribution in [0.5, 0.6) is 0 Å². The summed E-state index contributed by atoms with van der Waals surface area (Å²) in [6.45, 7) is 0.439. The zero-order valence-electron chi connectivity index (χ0n) is 9.40. The first-order chi connectivity index (χ1) is 8.50. The fourth-order valence-corrected chi connectivity index (χ4v) is 2.57. The summed E-state index contributed by atoms with van der Waals surface area (Å²) in [7, 11) is 0. The Balaban J connectivity index is 2.28. The molecule has 0 radical (unpaired) electrons. The van der Waals surface area contributed by atoms with Crippen molar-refractivity contribution in [2.24, 2.45) is 0 Å². The number of nitrogens with zero attached hydrogens (tertiary/aromatic N) is 1. The summed E-state index contributed by atoms with van der Waals surface area (Å²) < 4.78 is 0. The molecular formula is C12H11Cl2NO3. The summed E-state index contributed by atoms with van der Waals surface area (Å²) >= 11 is 11.7. The van der Waals surface area contributed by atoms with E-state index in [1.165, 1.54) is 17.0 Å². The molecular weight excluding hydrogens is 277 g/mol. The van der Waals surface area contributed by atoms with Crippen LogP contribution in [-0.2, 0) is 4.79 Å². The molecule has 1 heterocycles. The molecule has 1 aliphatic heterocycles. The molecule has 1 saturated heterocycles. The van der Waals surface area contributed by atoms with E-state index in [2.05, 4.69) is 0 Å². The average molecular weight is 288 g/mol. The van der Waals surface area contributed by atoms with Crippen molar-refractivity contribution < 1.29 is 14.7 Å². The number of rotatable bonds is 2. The predicted molar refractivity (Wildman–Crippen MR) is 68.2 cm³/mol. The zero-order valence-corrected chi connectivity index (χ0v) is 10.9. The molecule has 1 fully saturated rings. The Hall–Kier alpha value is -1.26. The van der Waals surface area contributed by atoms with Gasteiger partial charge in [-0.25, -0.2) is 4.79 Å². The molecule has 0 saturated carbocycles. The summed E-state index contributed by atoms with van der Waals surface area (Å²) in [5.41, 5.74) is 0.286. The molecule has 18 heavy (non-hydrogen) atoms. The lowest BCUT2D eigenvalue weighted by Crippen LogP contribution is -2.40. The molecule has 1 aromatic rings. The summed E-state index contributed by atoms with van der Waals surface area (Å²) in [6, 6.07) is 3.79. The Bertz CT molecular complexity index is 504. The Morgan fingerprint density at radius 2 is 2.06 bits per heavy atom. The fourth-order valence-electron chi connectivity index (χ4n) is 2.08. The second kappa shape index (κ2) is 5.16. The number of likely N-dealkylation sites (tertiary alicyclic amines) is 1. The van der Waals surface area contributed by atoms with Crippen LogP contribution in [0.15, 0.2) is 18.2 Å². The third kappa shape index (κ3) is 2.44. The van der Waals surface area contributed by atoms with E-state index >= 15 is 0 Å². The van der Waals surface area contributed by atoms with Gasteiger partial charge in [0.2, 0.25) is 0 Å². The lowest BCUT2D eigenvalue weighted by Gasteiger charge is -2.21. The van der Waals surface area contributed by atoms with Gasteiger partial charge in [0.05, 0.1) is 10.6 Å². The van der Waals surface area contributed by atoms with E-state index in [4.69, 9.17) is 28.3 Å². The highest BCUT2D eigenvalue weighted by atomic mass is 35.5. The molecule has 96 valence electrons. The van der Waals surface area contributed by atoms with Crippen molar-refractivity contribution in [1.29, 1.82) is 0 Å². The molecule has 1 aliphatic rings. The van der Waals surface area contributed by atoms with Gasteiger partial charge in [0.1, 0.15) is 6.04 Å². The fraction of sp³-hybridized carbons (Fsp3) is 0.333. The number of hydrogen-bond acceptors (Lipinski definition) is 2. The van der Waals surface area contributed by atoms with Crippen LogP contribution in [0, 0.1) is 0 Å². The Kier molecular flexibility index (Phi) is 3.78. The monoisotopic (exact) mass is 287 g/mol. The normalized spacial score (nSPS) is 19.0. The molecule has 0 spiro atoms. The lowest BCUT2D eigenvalue weighted by molar-refractivity contribution is -0.141. The van der Waals surface area contributed by atoms with Crippen LogP contribution in [-0.4, -0.2) is 34.5 Å². The van der Waals surface area contributed by atoms with Crippen LogP contribution in [0.25, 0.3) is 0 Å². The number of carboxylic acids is 1. The van der Waals surface area contributed by atoms with Gasteiger partial charge in [0.15, 0.2) is 0 Å². The molecule has 0 bridgehead atoms. The lowest BCUT2D eigenvalue weighted by atomic mass is 10.1. The smallest absolute Gasteiger partial charge is 0.326 e. The van der Waals surface area contributed by atoms with Crippen LogP contribution in [0.1, 0.15) is 23.2 Å². The SMILES string of the molecule is O=C(O)C1CCCN1C(=O)c1ccc(Cl)cc1Cl. The Labute approximate surface area is 114 Å². The van der Waals surface area contributed by atoms with Crippen molar-refractivity contribution in [3.05, 3.63) is 33.8 Å². The number of carbonyl (C=O) groups excluding carboxylic acids is 1. The van der Waals surface area contributed by atoms with Crippen molar-refractivity contribution in [3.8, 4) is 0 Å². The highest BCUT2D eigenvalue weighted by Gasteiger charge is 2.34. The van der Waals surface area contributed by atoms with E-state index in [-0.39, 0.29) is 16.5 Å². The minimum absolute atomic E-state index is 0.239. The van der Waals surface area contributed by atoms with Gasteiger partial charge in [-0.1, -0.05) is 23.2 Å². The van der Waals surface area contributed by atoms with Gasteiger partial charge in [-0.05, 0) is 31.0 Å². The number of halogens is 2. The molecule has 1 aromatic carbocycles. The maximum Gasteiger partial charge on any atom is 0.326 e. The number of hydrogen-bond donors (Lipinski definition) is 1. The van der Waals surface area contributed by atoms with Crippen LogP contribution in [0.3, 0.4) is 0 Å². The number of carboxylic acid groups (broad SMARTS) is 1. The van der Waals surface area contributed by atoms with Crippen molar-refractivity contribution in [3.63, 3.8) is 0 Å². The van der Waals surface area contributed by atoms with E-state index in [9.17, 15) is 9.59 Å². The highest BCUT2D eigenvalue weighted by molar-refractivity contribution is 6.36. The van der Waals surface area contributed by atoms with Gasteiger partial charge in [-0.15, -0.1) is 0 Å². The van der Waals surface area contributed by atoms with Crippen LogP contribution < -0.4 is 0 Å². The molecule has 1 atom stereocenters. The van der Waals surface area contributed by atoms with E-state index in [1.54, 1.807) is 6.07 Å². The molecule has 1 N–H and O–H groups in total. The molecule has 6 heteroatoms. The maximum absolute atomic E-state index is 12.2. The van der Waals surface area contributed by atoms with Crippen LogP contribution in [0.2, 0.25) is 10.0 Å². The van der Waals surface area contributed by atoms with Crippen LogP contribution in [0.4, 0.5) is 0 Å². The largest absolute Gasteiger partial charge is 0.480 e. The summed E-state index contributed by atoms with van der Waals surface area (Å²) in [5, 5.41) is 9.72. The molecule has 4 nitrogen and oxygen atoms in total. The average Bonchev–Trinajstić information content (AvgIpc) is 2.77. The summed E-state index contributed by atoms with van der Waals surface area (Å²) in [5.74, 6) is -1.34. The number of benzene rings is 1. The second-order valence-corrected chi connectivity index (χ2v) is 4.96. The summed E-state index contributed by atoms with van der Waals surface area (Å²) in [6.07, 6.45) is 1.17. The molecule has 0 aromatic heterocycles. The van der Waals surface area contributed by atoms with E-state index in [0.717, 1.165) is 0 Å². The van der Waals surface area contributed by atoms with Gasteiger partial charge in [0, 0.05) is 11.6 Å². The maximum atomic E-state index is 12.2. The van der Waals surface area contributed by atoms with Crippen molar-refractivity contribution >= 4 is 35.1 Å². The van der Waals surface area contributed by atoms with Gasteiger partial charge < -0.3 is 10.0 Å². The minimum Gasteiger partial charge on any atom is -0.480 e. The third-order valence-electron chi connectivity index (χ3n) is 2.96. The molecule has 0 aliphatic carbocycles. The summed E-state index contributed by atoms with van der Waals surface area (Å²) in [4.78, 5) is 24.6. The Morgan fingerprint density at radius 3 is 2.67 bits per heavy atom. The number of aliphatic carboxylic acids is 1. The van der Waals surface area contributed by atoms with Crippen molar-refractivity contribution in [1.82, 2.24) is 4.90 Å². The van der Waals surface area contributed by atoms with E-state index < -0.39 is 12.0 Å². The highest BCUT2D eigenvalue weighted by Crippen LogP contribution is 2.26. The quantitative estimate of drug-likeness (QED) is 0.910. The van der Waals surface area contributed by atoms with E-state index in [0.29, 0.717) is 24.4 Å². The van der Waals surface area contributed by atoms with Gasteiger partial charge in [-0.2, -0.15) is 0 Å². The van der Waals surface area contributed by atoms with E-state index in [1.807, 2.05) is 0 Å². The number of amides is 1. The first-order valence-electron chi connectivity index (χ1n) is 5.49. The minimum atomic E-state index is -0.981. The van der Waals surface area contributed by atoms with Gasteiger partial charge >= 0.3 is 5.97 Å². The molecule has 1 unspecified atom stereocenters. The number of carbonyl (C=O) groups is 2. The predicted octanol–water partition coefficient (Wildman–Crippen LogP) is 2.68. The first kappa shape index (κ1) is 13.2. The van der Waals surface area contributed by atoms with Crippen molar-refractivity contribution in [2.75, 3.05) is 6.54 Å². The molecule has 1 amide bonds. The van der Waals surface area contributed by atoms with Gasteiger partial charge in [-0.3, -0.25) is 4.79 Å².